The average molecular weight is 280 g/mol. The summed E-state index contributed by atoms with van der Waals surface area (Å²) in [7, 11) is 0. The molecule has 0 amide bonds. The summed E-state index contributed by atoms with van der Waals surface area (Å²) in [5.74, 6) is 0.959. The maximum Gasteiger partial charge on any atom is 0.126 e. The molecule has 2 aromatic rings. The molecule has 0 fully saturated rings. The fraction of sp³-hybridized carbons (Fsp3) is 0.300. The van der Waals surface area contributed by atoms with Crippen LogP contribution in [0, 0.1) is 0 Å². The van der Waals surface area contributed by atoms with Crippen LogP contribution in [0.4, 0.5) is 0 Å². The molecule has 0 heterocycles. The summed E-state index contributed by atoms with van der Waals surface area (Å²) in [4.78, 5) is 0. The minimum absolute atomic E-state index is 0.761. The Morgan fingerprint density at radius 1 is 0.905 bits per heavy atom. The lowest BCUT2D eigenvalue weighted by atomic mass is 10.1. The van der Waals surface area contributed by atoms with Gasteiger partial charge in [0.25, 0.3) is 0 Å². The van der Waals surface area contributed by atoms with E-state index in [-0.39, 0.29) is 0 Å². The van der Waals surface area contributed by atoms with Crippen LogP contribution in [0.5, 0.6) is 5.75 Å². The van der Waals surface area contributed by atoms with Crippen molar-refractivity contribution in [3.8, 4) is 5.75 Å². The summed E-state index contributed by atoms with van der Waals surface area (Å²) < 4.78 is 5.79. The van der Waals surface area contributed by atoms with Gasteiger partial charge >= 0.3 is 0 Å². The van der Waals surface area contributed by atoms with Crippen LogP contribution in [-0.2, 0) is 6.42 Å². The third-order valence-electron chi connectivity index (χ3n) is 3.33. The van der Waals surface area contributed by atoms with E-state index in [1.54, 1.807) is 0 Å². The monoisotopic (exact) mass is 280 g/mol. The van der Waals surface area contributed by atoms with E-state index >= 15 is 0 Å². The number of para-hydroxylation sites is 1. The van der Waals surface area contributed by atoms with E-state index in [1.807, 2.05) is 18.2 Å². The molecule has 0 aromatic heterocycles. The molecule has 0 aliphatic carbocycles. The molecule has 21 heavy (non-hydrogen) atoms. The molecule has 110 valence electrons. The molecule has 2 aromatic carbocycles. The Hall–Kier alpha value is -2.02. The van der Waals surface area contributed by atoms with Gasteiger partial charge in [0.1, 0.15) is 5.75 Å². The standard InChI is InChI=1S/C20H24O/c1-3-8-17-9-7-10-18(16-17)13-14-19-11-5-6-12-20(19)21-15-4-2/h5-7,9-14,16H,3-4,8,15H2,1-2H3. The molecule has 0 saturated carbocycles. The van der Waals surface area contributed by atoms with E-state index < -0.39 is 0 Å². The van der Waals surface area contributed by atoms with Crippen molar-refractivity contribution < 1.29 is 4.74 Å². The number of aryl methyl sites for hydroxylation is 1. The van der Waals surface area contributed by atoms with Gasteiger partial charge in [-0.1, -0.05) is 74.9 Å². The van der Waals surface area contributed by atoms with E-state index in [9.17, 15) is 0 Å². The van der Waals surface area contributed by atoms with Gasteiger partial charge in [0, 0.05) is 5.56 Å². The largest absolute Gasteiger partial charge is 0.493 e. The summed E-state index contributed by atoms with van der Waals surface area (Å²) in [5, 5.41) is 0. The van der Waals surface area contributed by atoms with Crippen LogP contribution in [0.3, 0.4) is 0 Å². The molecular weight excluding hydrogens is 256 g/mol. The Labute approximate surface area is 128 Å². The van der Waals surface area contributed by atoms with Gasteiger partial charge in [-0.25, -0.2) is 0 Å². The Morgan fingerprint density at radius 2 is 1.76 bits per heavy atom. The smallest absolute Gasteiger partial charge is 0.126 e. The maximum absolute atomic E-state index is 5.79. The third kappa shape index (κ3) is 4.78. The Morgan fingerprint density at radius 3 is 2.57 bits per heavy atom. The Kier molecular flexibility index (Phi) is 6.08. The summed E-state index contributed by atoms with van der Waals surface area (Å²) >= 11 is 0. The van der Waals surface area contributed by atoms with Crippen LogP contribution in [0.2, 0.25) is 0 Å². The minimum atomic E-state index is 0.761. The molecule has 0 unspecified atom stereocenters. The van der Waals surface area contributed by atoms with Gasteiger partial charge in [0.2, 0.25) is 0 Å². The topological polar surface area (TPSA) is 9.23 Å². The number of rotatable bonds is 7. The molecule has 2 rings (SSSR count). The van der Waals surface area contributed by atoms with Crippen LogP contribution >= 0.6 is 0 Å². The predicted octanol–water partition coefficient (Wildman–Crippen LogP) is 5.60. The normalized spacial score (nSPS) is 11.0. The highest BCUT2D eigenvalue weighted by atomic mass is 16.5. The molecule has 0 spiro atoms. The predicted molar refractivity (Wildman–Crippen MR) is 91.6 cm³/mol. The van der Waals surface area contributed by atoms with E-state index in [0.717, 1.165) is 30.8 Å². The zero-order valence-electron chi connectivity index (χ0n) is 13.0. The van der Waals surface area contributed by atoms with Crippen molar-refractivity contribution in [3.63, 3.8) is 0 Å². The molecule has 1 nitrogen and oxygen atoms in total. The van der Waals surface area contributed by atoms with E-state index in [1.165, 1.54) is 17.5 Å². The SMILES string of the molecule is CCCOc1ccccc1C=Cc1cccc(CCC)c1. The van der Waals surface area contributed by atoms with Crippen molar-refractivity contribution in [3.05, 3.63) is 65.2 Å². The zero-order valence-corrected chi connectivity index (χ0v) is 13.0. The highest BCUT2D eigenvalue weighted by Crippen LogP contribution is 2.21. The molecule has 0 aliphatic heterocycles. The lowest BCUT2D eigenvalue weighted by Crippen LogP contribution is -1.96. The first-order chi connectivity index (χ1) is 10.3. The molecule has 0 aliphatic rings. The second-order valence-corrected chi connectivity index (χ2v) is 5.21. The third-order valence-corrected chi connectivity index (χ3v) is 3.33. The van der Waals surface area contributed by atoms with Gasteiger partial charge in [0.15, 0.2) is 0 Å². The average Bonchev–Trinajstić information content (AvgIpc) is 2.52. The molecule has 0 atom stereocenters. The van der Waals surface area contributed by atoms with Gasteiger partial charge in [-0.15, -0.1) is 0 Å². The van der Waals surface area contributed by atoms with Crippen LogP contribution < -0.4 is 4.74 Å². The molecule has 0 saturated heterocycles. The zero-order chi connectivity index (χ0) is 14.9. The van der Waals surface area contributed by atoms with Gasteiger partial charge in [-0.05, 0) is 30.0 Å². The van der Waals surface area contributed by atoms with Crippen LogP contribution in [0.1, 0.15) is 43.4 Å². The van der Waals surface area contributed by atoms with Gasteiger partial charge < -0.3 is 4.74 Å². The highest BCUT2D eigenvalue weighted by molar-refractivity contribution is 5.72. The van der Waals surface area contributed by atoms with Gasteiger partial charge in [0.05, 0.1) is 6.61 Å². The fourth-order valence-corrected chi connectivity index (χ4v) is 2.29. The fourth-order valence-electron chi connectivity index (χ4n) is 2.29. The number of benzene rings is 2. The van der Waals surface area contributed by atoms with Crippen molar-refractivity contribution in [2.75, 3.05) is 6.61 Å². The highest BCUT2D eigenvalue weighted by Gasteiger charge is 1.99. The molecule has 0 radical (unpaired) electrons. The summed E-state index contributed by atoms with van der Waals surface area (Å²) in [6, 6.07) is 16.9. The van der Waals surface area contributed by atoms with Crippen LogP contribution in [0.15, 0.2) is 48.5 Å². The van der Waals surface area contributed by atoms with Crippen molar-refractivity contribution >= 4 is 12.2 Å². The second kappa shape index (κ2) is 8.31. The van der Waals surface area contributed by atoms with Crippen molar-refractivity contribution in [1.29, 1.82) is 0 Å². The van der Waals surface area contributed by atoms with Gasteiger partial charge in [-0.2, -0.15) is 0 Å². The summed E-state index contributed by atoms with van der Waals surface area (Å²) in [6.45, 7) is 5.10. The van der Waals surface area contributed by atoms with Crippen molar-refractivity contribution in [2.24, 2.45) is 0 Å². The number of hydrogen-bond donors (Lipinski definition) is 0. The lowest BCUT2D eigenvalue weighted by Gasteiger charge is -2.07. The maximum atomic E-state index is 5.79. The van der Waals surface area contributed by atoms with E-state index in [2.05, 4.69) is 56.3 Å². The van der Waals surface area contributed by atoms with E-state index in [4.69, 9.17) is 4.74 Å². The first-order valence-corrected chi connectivity index (χ1v) is 7.82. The number of hydrogen-bond acceptors (Lipinski definition) is 1. The molecule has 0 N–H and O–H groups in total. The first-order valence-electron chi connectivity index (χ1n) is 7.82. The van der Waals surface area contributed by atoms with Crippen molar-refractivity contribution in [2.45, 2.75) is 33.1 Å². The Bertz CT molecular complexity index is 584. The summed E-state index contributed by atoms with van der Waals surface area (Å²) in [5.41, 5.74) is 3.77. The van der Waals surface area contributed by atoms with Crippen LogP contribution in [-0.4, -0.2) is 6.61 Å². The minimum Gasteiger partial charge on any atom is -0.493 e. The molecule has 0 bridgehead atoms. The first kappa shape index (κ1) is 15.4. The van der Waals surface area contributed by atoms with Crippen molar-refractivity contribution in [1.82, 2.24) is 0 Å². The van der Waals surface area contributed by atoms with Gasteiger partial charge in [-0.3, -0.25) is 0 Å². The molecule has 1 heteroatoms. The van der Waals surface area contributed by atoms with E-state index in [0.29, 0.717) is 0 Å². The lowest BCUT2D eigenvalue weighted by molar-refractivity contribution is 0.317. The quantitative estimate of drug-likeness (QED) is 0.600. The summed E-state index contributed by atoms with van der Waals surface area (Å²) in [6.07, 6.45) is 7.64. The molecular formula is C20H24O. The Balaban J connectivity index is 2.15. The second-order valence-electron chi connectivity index (χ2n) is 5.21. The van der Waals surface area contributed by atoms with Crippen LogP contribution in [0.25, 0.3) is 12.2 Å². The number of ether oxygens (including phenoxy) is 1.